The molecule has 3 aliphatic heterocycles. The third-order valence-corrected chi connectivity index (χ3v) is 7.38. The summed E-state index contributed by atoms with van der Waals surface area (Å²) in [4.78, 5) is 12.6. The minimum atomic E-state index is -1.63. The van der Waals surface area contributed by atoms with Crippen LogP contribution < -0.4 is 4.74 Å². The number of hydrogen-bond donors (Lipinski definition) is 5. The Kier molecular flexibility index (Phi) is 7.27. The topological polar surface area (TPSA) is 177 Å². The van der Waals surface area contributed by atoms with E-state index in [2.05, 4.69) is 0 Å². The summed E-state index contributed by atoms with van der Waals surface area (Å²) in [6.07, 6.45) is -3.94. The van der Waals surface area contributed by atoms with Gasteiger partial charge in [0.1, 0.15) is 48.0 Å². The van der Waals surface area contributed by atoms with E-state index < -0.39 is 85.8 Å². The summed E-state index contributed by atoms with van der Waals surface area (Å²) < 4.78 is 33.5. The molecule has 0 unspecified atom stereocenters. The van der Waals surface area contributed by atoms with Crippen molar-refractivity contribution in [1.82, 2.24) is 0 Å². The number of esters is 1. The molecule has 3 fully saturated rings. The number of epoxide rings is 1. The second kappa shape index (κ2) is 10.3. The summed E-state index contributed by atoms with van der Waals surface area (Å²) in [6, 6.07) is 7.11. The van der Waals surface area contributed by atoms with Crippen molar-refractivity contribution >= 4 is 12.0 Å². The maximum absolute atomic E-state index is 12.6. The van der Waals surface area contributed by atoms with E-state index in [0.29, 0.717) is 5.75 Å². The van der Waals surface area contributed by atoms with E-state index >= 15 is 0 Å². The second-order valence-corrected chi connectivity index (χ2v) is 9.43. The van der Waals surface area contributed by atoms with E-state index in [9.17, 15) is 30.3 Å². The number of aliphatic hydroxyl groups is 5. The van der Waals surface area contributed by atoms with Gasteiger partial charge in [-0.3, -0.25) is 0 Å². The van der Waals surface area contributed by atoms with E-state index in [0.717, 1.165) is 5.56 Å². The monoisotopic (exact) mass is 522 g/mol. The molecular weight excluding hydrogens is 492 g/mol. The molecule has 202 valence electrons. The van der Waals surface area contributed by atoms with Crippen LogP contribution >= 0.6 is 0 Å². The summed E-state index contributed by atoms with van der Waals surface area (Å²) in [5, 5.41) is 50.1. The average molecular weight is 523 g/mol. The Bertz CT molecular complexity index is 1030. The molecule has 1 saturated carbocycles. The first kappa shape index (κ1) is 26.1. The smallest absolute Gasteiger partial charge is 0.331 e. The normalized spacial score (nSPS) is 42.1. The number of ether oxygens (including phenoxy) is 6. The van der Waals surface area contributed by atoms with Crippen LogP contribution in [0.2, 0.25) is 0 Å². The molecule has 3 heterocycles. The molecule has 37 heavy (non-hydrogen) atoms. The number of carbonyl (C=O) groups is 1. The lowest BCUT2D eigenvalue weighted by Crippen LogP contribution is -2.60. The molecule has 0 aromatic heterocycles. The number of aliphatic hydroxyl groups excluding tert-OH is 5. The highest BCUT2D eigenvalue weighted by atomic mass is 16.8. The molecule has 5 N–H and O–H groups in total. The average Bonchev–Trinajstić information content (AvgIpc) is 3.60. The van der Waals surface area contributed by atoms with Crippen LogP contribution in [0, 0.1) is 11.8 Å². The van der Waals surface area contributed by atoms with Gasteiger partial charge in [-0.25, -0.2) is 4.79 Å². The van der Waals surface area contributed by atoms with Crippen molar-refractivity contribution in [2.24, 2.45) is 11.8 Å². The lowest BCUT2D eigenvalue weighted by Gasteiger charge is -2.43. The van der Waals surface area contributed by atoms with Gasteiger partial charge in [0.25, 0.3) is 0 Å². The van der Waals surface area contributed by atoms with Crippen molar-refractivity contribution in [2.45, 2.75) is 54.8 Å². The van der Waals surface area contributed by atoms with Crippen LogP contribution in [0.15, 0.2) is 42.7 Å². The molecular formula is C25H30O12. The van der Waals surface area contributed by atoms with Gasteiger partial charge in [-0.15, -0.1) is 0 Å². The molecule has 0 amide bonds. The fourth-order valence-electron chi connectivity index (χ4n) is 5.34. The number of carbonyl (C=O) groups excluding carboxylic acids is 1. The van der Waals surface area contributed by atoms with Gasteiger partial charge >= 0.3 is 5.97 Å². The van der Waals surface area contributed by atoms with Crippen molar-refractivity contribution < 1.29 is 58.7 Å². The summed E-state index contributed by atoms with van der Waals surface area (Å²) >= 11 is 0. The van der Waals surface area contributed by atoms with Crippen molar-refractivity contribution in [3.63, 3.8) is 0 Å². The maximum atomic E-state index is 12.6. The maximum Gasteiger partial charge on any atom is 0.331 e. The highest BCUT2D eigenvalue weighted by Gasteiger charge is 2.77. The fourth-order valence-corrected chi connectivity index (χ4v) is 5.34. The highest BCUT2D eigenvalue weighted by Crippen LogP contribution is 2.60. The minimum absolute atomic E-state index is 0.402. The molecule has 0 spiro atoms. The van der Waals surface area contributed by atoms with Gasteiger partial charge in [0.2, 0.25) is 6.29 Å². The highest BCUT2D eigenvalue weighted by molar-refractivity contribution is 5.87. The number of fused-ring (bicyclic) bond motifs is 3. The second-order valence-electron chi connectivity index (χ2n) is 9.43. The number of methoxy groups -OCH3 is 1. The molecule has 2 saturated heterocycles. The predicted octanol–water partition coefficient (Wildman–Crippen LogP) is -1.32. The molecule has 12 heteroatoms. The summed E-state index contributed by atoms with van der Waals surface area (Å²) in [5.41, 5.74) is -0.341. The SMILES string of the molecule is COc1ccc(C=CC(=O)O[C@H]2[C@@H]3C=CO[C@@H](O[C@@H]4O[C@H](CO)[C@@H](O)[C@H](O)[C@H]4O)[C@@H]3[C@@]3(CO)O[C@@H]23)cc1. The van der Waals surface area contributed by atoms with E-state index in [1.165, 1.54) is 12.3 Å². The first-order valence-corrected chi connectivity index (χ1v) is 11.9. The van der Waals surface area contributed by atoms with Crippen LogP contribution in [-0.4, -0.2) is 107 Å². The zero-order valence-corrected chi connectivity index (χ0v) is 19.9. The number of rotatable bonds is 8. The van der Waals surface area contributed by atoms with Gasteiger partial charge in [-0.05, 0) is 29.8 Å². The Labute approximate surface area is 212 Å². The van der Waals surface area contributed by atoms with Gasteiger partial charge in [-0.2, -0.15) is 0 Å². The van der Waals surface area contributed by atoms with Crippen LogP contribution in [0.3, 0.4) is 0 Å². The zero-order valence-electron chi connectivity index (χ0n) is 19.9. The van der Waals surface area contributed by atoms with Crippen LogP contribution in [0.5, 0.6) is 5.75 Å². The van der Waals surface area contributed by atoms with Crippen LogP contribution in [0.4, 0.5) is 0 Å². The van der Waals surface area contributed by atoms with Crippen molar-refractivity contribution in [3.05, 3.63) is 48.2 Å². The number of benzene rings is 1. The van der Waals surface area contributed by atoms with Crippen LogP contribution in [-0.2, 0) is 28.5 Å². The fraction of sp³-hybridized carbons (Fsp3) is 0.560. The Hall–Kier alpha value is -2.55. The van der Waals surface area contributed by atoms with E-state index in [-0.39, 0.29) is 0 Å². The van der Waals surface area contributed by atoms with Gasteiger partial charge in [0, 0.05) is 12.0 Å². The minimum Gasteiger partial charge on any atom is -0.497 e. The Balaban J connectivity index is 1.28. The zero-order chi connectivity index (χ0) is 26.3. The standard InChI is InChI=1S/C25H30O12/c1-32-13-5-2-12(3-6-13)4-7-16(28)35-21-14-8-9-33-23(17(14)25(11-27)22(21)37-25)36-24-20(31)19(30)18(29)15(10-26)34-24/h2-9,14-15,17-24,26-27,29-31H,10-11H2,1H3/t14-,15-,17-,18-,19+,20-,21+,22+,23+,24+,25-/m1/s1. The lowest BCUT2D eigenvalue weighted by atomic mass is 9.85. The quantitative estimate of drug-likeness (QED) is 0.155. The Morgan fingerprint density at radius 3 is 2.51 bits per heavy atom. The summed E-state index contributed by atoms with van der Waals surface area (Å²) in [6.45, 7) is -1.02. The van der Waals surface area contributed by atoms with Crippen molar-refractivity contribution in [2.75, 3.05) is 20.3 Å². The van der Waals surface area contributed by atoms with Gasteiger partial charge in [-0.1, -0.05) is 12.1 Å². The molecule has 11 atom stereocenters. The third-order valence-electron chi connectivity index (χ3n) is 7.38. The van der Waals surface area contributed by atoms with Crippen LogP contribution in [0.1, 0.15) is 5.56 Å². The van der Waals surface area contributed by atoms with Crippen molar-refractivity contribution in [1.29, 1.82) is 0 Å². The molecule has 5 rings (SSSR count). The van der Waals surface area contributed by atoms with Crippen LogP contribution in [0.25, 0.3) is 6.08 Å². The van der Waals surface area contributed by atoms with Gasteiger partial charge < -0.3 is 54.0 Å². The van der Waals surface area contributed by atoms with Gasteiger partial charge in [0.05, 0.1) is 32.5 Å². The molecule has 1 aliphatic carbocycles. The molecule has 4 aliphatic rings. The first-order chi connectivity index (χ1) is 17.8. The molecule has 0 bridgehead atoms. The van der Waals surface area contributed by atoms with E-state index in [4.69, 9.17) is 28.4 Å². The molecule has 12 nitrogen and oxygen atoms in total. The Morgan fingerprint density at radius 1 is 1.08 bits per heavy atom. The van der Waals surface area contributed by atoms with Crippen molar-refractivity contribution in [3.8, 4) is 5.75 Å². The van der Waals surface area contributed by atoms with E-state index in [1.54, 1.807) is 43.5 Å². The first-order valence-electron chi connectivity index (χ1n) is 11.9. The third kappa shape index (κ3) is 4.64. The molecule has 1 aromatic rings. The summed E-state index contributed by atoms with van der Waals surface area (Å²) in [5.74, 6) is -1.01. The Morgan fingerprint density at radius 2 is 1.84 bits per heavy atom. The summed E-state index contributed by atoms with van der Waals surface area (Å²) in [7, 11) is 1.56. The predicted molar refractivity (Wildman–Crippen MR) is 122 cm³/mol. The number of hydrogen-bond acceptors (Lipinski definition) is 12. The lowest BCUT2D eigenvalue weighted by molar-refractivity contribution is -0.344. The molecule has 1 aromatic carbocycles. The molecule has 0 radical (unpaired) electrons. The largest absolute Gasteiger partial charge is 0.497 e. The van der Waals surface area contributed by atoms with Gasteiger partial charge in [0.15, 0.2) is 6.29 Å². The van der Waals surface area contributed by atoms with E-state index in [1.807, 2.05) is 0 Å².